The van der Waals surface area contributed by atoms with Gasteiger partial charge in [-0.3, -0.25) is 0 Å². The molecule has 0 saturated heterocycles. The van der Waals surface area contributed by atoms with Gasteiger partial charge in [0, 0.05) is 6.61 Å². The summed E-state index contributed by atoms with van der Waals surface area (Å²) in [6.45, 7) is 3.82. The van der Waals surface area contributed by atoms with Crippen molar-refractivity contribution >= 4 is 5.69 Å². The fourth-order valence-electron chi connectivity index (χ4n) is 0.893. The molecule has 0 aliphatic heterocycles. The lowest BCUT2D eigenvalue weighted by atomic mass is 10.5. The minimum atomic E-state index is 0.417. The number of hydrogen-bond acceptors (Lipinski definition) is 5. The normalized spacial score (nSPS) is 10.1. The van der Waals surface area contributed by atoms with E-state index in [0.29, 0.717) is 24.8 Å². The number of ether oxygens (including phenoxy) is 2. The molecule has 1 heterocycles. The van der Waals surface area contributed by atoms with Crippen molar-refractivity contribution in [1.29, 1.82) is 0 Å². The maximum absolute atomic E-state index is 5.57. The number of aromatic nitrogens is 2. The van der Waals surface area contributed by atoms with Crippen molar-refractivity contribution < 1.29 is 9.47 Å². The molecule has 0 aliphatic rings. The fraction of sp³-hybridized carbons (Fsp3) is 0.556. The highest BCUT2D eigenvalue weighted by Gasteiger charge is 1.99. The minimum Gasteiger partial charge on any atom is -0.474 e. The molecule has 0 bridgehead atoms. The fourth-order valence-corrected chi connectivity index (χ4v) is 0.893. The maximum Gasteiger partial charge on any atom is 0.240 e. The summed E-state index contributed by atoms with van der Waals surface area (Å²) < 4.78 is 10.5. The summed E-state index contributed by atoms with van der Waals surface area (Å²) in [5.74, 6) is 0.417. The van der Waals surface area contributed by atoms with Crippen LogP contribution in [0.2, 0.25) is 0 Å². The number of nitrogens with zero attached hydrogens (tertiary/aromatic N) is 2. The van der Waals surface area contributed by atoms with Crippen LogP contribution in [-0.4, -0.2) is 29.8 Å². The van der Waals surface area contributed by atoms with Crippen LogP contribution >= 0.6 is 0 Å². The average molecular weight is 197 g/mol. The number of nitrogen functional groups attached to an aromatic ring is 1. The highest BCUT2D eigenvalue weighted by Crippen LogP contribution is 2.13. The standard InChI is InChI=1S/C9H15N3O2/c1-2-3-13-4-5-14-9-8(10)6-11-7-12-9/h6-7H,2-5,10H2,1H3. The Kier molecular flexibility index (Phi) is 4.71. The van der Waals surface area contributed by atoms with E-state index < -0.39 is 0 Å². The SMILES string of the molecule is CCCOCCOc1ncncc1N. The van der Waals surface area contributed by atoms with Gasteiger partial charge in [-0.15, -0.1) is 0 Å². The lowest BCUT2D eigenvalue weighted by molar-refractivity contribution is 0.0992. The molecule has 0 spiro atoms. The molecule has 78 valence electrons. The number of hydrogen-bond donors (Lipinski definition) is 1. The summed E-state index contributed by atoms with van der Waals surface area (Å²) >= 11 is 0. The molecule has 14 heavy (non-hydrogen) atoms. The molecular weight excluding hydrogens is 182 g/mol. The summed E-state index contributed by atoms with van der Waals surface area (Å²) in [7, 11) is 0. The summed E-state index contributed by atoms with van der Waals surface area (Å²) in [5.41, 5.74) is 6.02. The van der Waals surface area contributed by atoms with Crippen molar-refractivity contribution in [2.75, 3.05) is 25.6 Å². The van der Waals surface area contributed by atoms with Gasteiger partial charge in [0.05, 0.1) is 12.8 Å². The van der Waals surface area contributed by atoms with Gasteiger partial charge in [0.15, 0.2) is 0 Å². The molecular formula is C9H15N3O2. The van der Waals surface area contributed by atoms with E-state index >= 15 is 0 Å². The first-order valence-electron chi connectivity index (χ1n) is 4.60. The number of rotatable bonds is 6. The van der Waals surface area contributed by atoms with Crippen LogP contribution in [0.5, 0.6) is 5.88 Å². The van der Waals surface area contributed by atoms with Gasteiger partial charge in [-0.1, -0.05) is 6.92 Å². The second kappa shape index (κ2) is 6.15. The lowest BCUT2D eigenvalue weighted by Crippen LogP contribution is -2.09. The zero-order chi connectivity index (χ0) is 10.2. The Labute approximate surface area is 83.3 Å². The molecule has 5 heteroatoms. The van der Waals surface area contributed by atoms with Crippen LogP contribution in [0.1, 0.15) is 13.3 Å². The zero-order valence-corrected chi connectivity index (χ0v) is 8.27. The van der Waals surface area contributed by atoms with E-state index in [1.165, 1.54) is 12.5 Å². The van der Waals surface area contributed by atoms with Gasteiger partial charge in [0.25, 0.3) is 0 Å². The van der Waals surface area contributed by atoms with E-state index in [4.69, 9.17) is 15.2 Å². The summed E-state index contributed by atoms with van der Waals surface area (Å²) in [6, 6.07) is 0. The van der Waals surface area contributed by atoms with Crippen molar-refractivity contribution in [3.05, 3.63) is 12.5 Å². The molecule has 0 radical (unpaired) electrons. The van der Waals surface area contributed by atoms with E-state index in [-0.39, 0.29) is 0 Å². The van der Waals surface area contributed by atoms with E-state index in [1.54, 1.807) is 0 Å². The summed E-state index contributed by atoms with van der Waals surface area (Å²) in [5, 5.41) is 0. The lowest BCUT2D eigenvalue weighted by Gasteiger charge is -2.06. The molecule has 0 saturated carbocycles. The first kappa shape index (κ1) is 10.7. The third-order valence-electron chi connectivity index (χ3n) is 1.52. The Morgan fingerprint density at radius 1 is 1.36 bits per heavy atom. The summed E-state index contributed by atoms with van der Waals surface area (Å²) in [6.07, 6.45) is 3.92. The molecule has 0 aliphatic carbocycles. The van der Waals surface area contributed by atoms with Gasteiger partial charge in [-0.2, -0.15) is 0 Å². The Morgan fingerprint density at radius 3 is 2.93 bits per heavy atom. The van der Waals surface area contributed by atoms with Crippen LogP contribution in [0.3, 0.4) is 0 Å². The quantitative estimate of drug-likeness (QED) is 0.685. The highest BCUT2D eigenvalue weighted by molar-refractivity contribution is 5.44. The second-order valence-corrected chi connectivity index (χ2v) is 2.74. The first-order chi connectivity index (χ1) is 6.84. The largest absolute Gasteiger partial charge is 0.474 e. The molecule has 0 fully saturated rings. The van der Waals surface area contributed by atoms with Gasteiger partial charge in [0.1, 0.15) is 18.6 Å². The number of nitrogens with two attached hydrogens (primary N) is 1. The van der Waals surface area contributed by atoms with Crippen LogP contribution in [0.25, 0.3) is 0 Å². The highest BCUT2D eigenvalue weighted by atomic mass is 16.5. The monoisotopic (exact) mass is 197 g/mol. The topological polar surface area (TPSA) is 70.3 Å². The van der Waals surface area contributed by atoms with Crippen molar-refractivity contribution in [3.8, 4) is 5.88 Å². The van der Waals surface area contributed by atoms with Crippen LogP contribution in [-0.2, 0) is 4.74 Å². The predicted molar refractivity (Wildman–Crippen MR) is 53.0 cm³/mol. The molecule has 1 aromatic rings. The van der Waals surface area contributed by atoms with Crippen molar-refractivity contribution in [2.45, 2.75) is 13.3 Å². The zero-order valence-electron chi connectivity index (χ0n) is 8.27. The van der Waals surface area contributed by atoms with Crippen LogP contribution in [0.15, 0.2) is 12.5 Å². The summed E-state index contributed by atoms with van der Waals surface area (Å²) in [4.78, 5) is 7.64. The molecule has 0 atom stereocenters. The average Bonchev–Trinajstić information content (AvgIpc) is 2.20. The van der Waals surface area contributed by atoms with Crippen molar-refractivity contribution in [3.63, 3.8) is 0 Å². The first-order valence-corrected chi connectivity index (χ1v) is 4.60. The Bertz CT molecular complexity index is 268. The van der Waals surface area contributed by atoms with Crippen LogP contribution < -0.4 is 10.5 Å². The minimum absolute atomic E-state index is 0.417. The van der Waals surface area contributed by atoms with E-state index in [0.717, 1.165) is 13.0 Å². The smallest absolute Gasteiger partial charge is 0.240 e. The van der Waals surface area contributed by atoms with E-state index in [2.05, 4.69) is 16.9 Å². The van der Waals surface area contributed by atoms with Crippen molar-refractivity contribution in [2.24, 2.45) is 0 Å². The van der Waals surface area contributed by atoms with Gasteiger partial charge >= 0.3 is 0 Å². The predicted octanol–water partition coefficient (Wildman–Crippen LogP) is 0.864. The van der Waals surface area contributed by atoms with E-state index in [1.807, 2.05) is 0 Å². The Hall–Kier alpha value is -1.36. The maximum atomic E-state index is 5.57. The Morgan fingerprint density at radius 2 is 2.21 bits per heavy atom. The second-order valence-electron chi connectivity index (χ2n) is 2.74. The van der Waals surface area contributed by atoms with Gasteiger partial charge in [-0.25, -0.2) is 9.97 Å². The van der Waals surface area contributed by atoms with E-state index in [9.17, 15) is 0 Å². The van der Waals surface area contributed by atoms with Gasteiger partial charge < -0.3 is 15.2 Å². The molecule has 1 aromatic heterocycles. The number of anilines is 1. The Balaban J connectivity index is 2.21. The van der Waals surface area contributed by atoms with Crippen LogP contribution in [0.4, 0.5) is 5.69 Å². The van der Waals surface area contributed by atoms with Crippen LogP contribution in [0, 0.1) is 0 Å². The molecule has 0 aromatic carbocycles. The van der Waals surface area contributed by atoms with Gasteiger partial charge in [0.2, 0.25) is 5.88 Å². The van der Waals surface area contributed by atoms with Crippen molar-refractivity contribution in [1.82, 2.24) is 9.97 Å². The molecule has 2 N–H and O–H groups in total. The third kappa shape index (κ3) is 3.57. The molecule has 0 unspecified atom stereocenters. The van der Waals surface area contributed by atoms with Gasteiger partial charge in [-0.05, 0) is 6.42 Å². The molecule has 0 amide bonds. The molecule has 5 nitrogen and oxygen atoms in total. The third-order valence-corrected chi connectivity index (χ3v) is 1.52. The molecule has 1 rings (SSSR count).